The molecule has 0 aromatic carbocycles. The van der Waals surface area contributed by atoms with E-state index >= 15 is 0 Å². The lowest BCUT2D eigenvalue weighted by Crippen LogP contribution is -1.94. The maximum Gasteiger partial charge on any atom is 0.221 e. The van der Waals surface area contributed by atoms with Crippen LogP contribution >= 0.6 is 22.6 Å². The van der Waals surface area contributed by atoms with Crippen LogP contribution < -0.4 is 0 Å². The van der Waals surface area contributed by atoms with Crippen LogP contribution in [0.2, 0.25) is 0 Å². The lowest BCUT2D eigenvalue weighted by molar-refractivity contribution is 0.579. The van der Waals surface area contributed by atoms with Crippen LogP contribution in [-0.2, 0) is 0 Å². The molecule has 0 saturated heterocycles. The Balaban J connectivity index is 3.40. The molecule has 0 atom stereocenters. The van der Waals surface area contributed by atoms with E-state index in [1.807, 2.05) is 6.92 Å². The van der Waals surface area contributed by atoms with Crippen molar-refractivity contribution in [2.75, 3.05) is 0 Å². The molecular formula is C8H7FIN. The van der Waals surface area contributed by atoms with Crippen LogP contribution in [0, 0.1) is 16.4 Å². The number of hydrogen-bond donors (Lipinski definition) is 0. The molecule has 0 unspecified atom stereocenters. The Morgan fingerprint density at radius 1 is 1.73 bits per heavy atom. The summed E-state index contributed by atoms with van der Waals surface area (Å²) in [7, 11) is 0. The quantitative estimate of drug-likeness (QED) is 0.560. The predicted molar refractivity (Wildman–Crippen MR) is 51.7 cm³/mol. The second-order valence-electron chi connectivity index (χ2n) is 2.16. The van der Waals surface area contributed by atoms with Crippen LogP contribution in [0.5, 0.6) is 0 Å². The van der Waals surface area contributed by atoms with E-state index < -0.39 is 5.95 Å². The smallest absolute Gasteiger partial charge is 0.221 e. The number of halogens is 2. The number of aryl methyl sites for hydroxylation is 1. The average molecular weight is 263 g/mol. The van der Waals surface area contributed by atoms with Crippen LogP contribution in [0.3, 0.4) is 0 Å². The molecule has 3 heteroatoms. The van der Waals surface area contributed by atoms with Gasteiger partial charge < -0.3 is 0 Å². The van der Waals surface area contributed by atoms with Gasteiger partial charge in [-0.25, -0.2) is 4.98 Å². The summed E-state index contributed by atoms with van der Waals surface area (Å²) in [5.74, 6) is -0.449. The van der Waals surface area contributed by atoms with E-state index in [4.69, 9.17) is 0 Å². The minimum absolute atomic E-state index is 0.449. The van der Waals surface area contributed by atoms with E-state index in [0.29, 0.717) is 5.56 Å². The average Bonchev–Trinajstić information content (AvgIpc) is 1.99. The summed E-state index contributed by atoms with van der Waals surface area (Å²) in [5.41, 5.74) is 1.47. The second-order valence-corrected chi connectivity index (χ2v) is 3.24. The highest BCUT2D eigenvalue weighted by Crippen LogP contribution is 2.18. The number of pyridine rings is 1. The van der Waals surface area contributed by atoms with Gasteiger partial charge in [0.25, 0.3) is 0 Å². The van der Waals surface area contributed by atoms with Gasteiger partial charge in [0.05, 0.1) is 0 Å². The summed E-state index contributed by atoms with van der Waals surface area (Å²) >= 11 is 2.08. The fraction of sp³-hybridized carbons (Fsp3) is 0.125. The standard InChI is InChI=1S/C8H7FIN/c1-3-6-7(10)5(2)4-11-8(6)9/h3-4H,1H2,2H3. The van der Waals surface area contributed by atoms with Crippen molar-refractivity contribution in [1.29, 1.82) is 0 Å². The molecule has 0 saturated carbocycles. The SMILES string of the molecule is C=Cc1c(F)ncc(C)c1I. The van der Waals surface area contributed by atoms with Crippen molar-refractivity contribution >= 4 is 28.7 Å². The third kappa shape index (κ3) is 1.58. The normalized spacial score (nSPS) is 9.73. The first kappa shape index (κ1) is 8.64. The monoisotopic (exact) mass is 263 g/mol. The van der Waals surface area contributed by atoms with Gasteiger partial charge in [0.2, 0.25) is 5.95 Å². The highest BCUT2D eigenvalue weighted by molar-refractivity contribution is 14.1. The van der Waals surface area contributed by atoms with Crippen molar-refractivity contribution in [2.45, 2.75) is 6.92 Å². The van der Waals surface area contributed by atoms with Crippen molar-refractivity contribution in [3.05, 3.63) is 33.4 Å². The minimum atomic E-state index is -0.449. The highest BCUT2D eigenvalue weighted by Gasteiger charge is 2.05. The molecule has 0 aliphatic rings. The number of nitrogens with zero attached hydrogens (tertiary/aromatic N) is 1. The van der Waals surface area contributed by atoms with Crippen molar-refractivity contribution in [3.63, 3.8) is 0 Å². The maximum atomic E-state index is 12.8. The van der Waals surface area contributed by atoms with Gasteiger partial charge in [0.15, 0.2) is 0 Å². The summed E-state index contributed by atoms with van der Waals surface area (Å²) < 4.78 is 13.7. The Labute approximate surface area is 78.5 Å². The molecule has 0 amide bonds. The summed E-state index contributed by atoms with van der Waals surface area (Å²) in [6.45, 7) is 5.40. The Morgan fingerprint density at radius 3 is 2.82 bits per heavy atom. The highest BCUT2D eigenvalue weighted by atomic mass is 127. The zero-order chi connectivity index (χ0) is 8.43. The lowest BCUT2D eigenvalue weighted by atomic mass is 10.2. The van der Waals surface area contributed by atoms with Crippen molar-refractivity contribution in [2.24, 2.45) is 0 Å². The van der Waals surface area contributed by atoms with Gasteiger partial charge in [-0.3, -0.25) is 0 Å². The van der Waals surface area contributed by atoms with Gasteiger partial charge in [-0.15, -0.1) is 0 Å². The summed E-state index contributed by atoms with van der Waals surface area (Å²) in [5, 5.41) is 0. The first-order valence-electron chi connectivity index (χ1n) is 3.10. The Kier molecular flexibility index (Phi) is 2.59. The molecule has 58 valence electrons. The zero-order valence-electron chi connectivity index (χ0n) is 6.06. The summed E-state index contributed by atoms with van der Waals surface area (Å²) in [6.07, 6.45) is 3.00. The fourth-order valence-corrected chi connectivity index (χ4v) is 1.34. The molecule has 0 aliphatic heterocycles. The van der Waals surface area contributed by atoms with Crippen LogP contribution in [0.15, 0.2) is 12.8 Å². The number of hydrogen-bond acceptors (Lipinski definition) is 1. The summed E-state index contributed by atoms with van der Waals surface area (Å²) in [4.78, 5) is 3.57. The van der Waals surface area contributed by atoms with Gasteiger partial charge in [-0.2, -0.15) is 4.39 Å². The minimum Gasteiger partial charge on any atom is -0.227 e. The Bertz CT molecular complexity index is 296. The fourth-order valence-electron chi connectivity index (χ4n) is 0.757. The van der Waals surface area contributed by atoms with Gasteiger partial charge in [0, 0.05) is 15.3 Å². The van der Waals surface area contributed by atoms with Crippen molar-refractivity contribution in [1.82, 2.24) is 4.98 Å². The topological polar surface area (TPSA) is 12.9 Å². The lowest BCUT2D eigenvalue weighted by Gasteiger charge is -2.01. The molecule has 1 nitrogen and oxygen atoms in total. The molecule has 11 heavy (non-hydrogen) atoms. The summed E-state index contributed by atoms with van der Waals surface area (Å²) in [6, 6.07) is 0. The number of aromatic nitrogens is 1. The largest absolute Gasteiger partial charge is 0.227 e. The van der Waals surface area contributed by atoms with E-state index in [9.17, 15) is 4.39 Å². The molecule has 1 rings (SSSR count). The Morgan fingerprint density at radius 2 is 2.36 bits per heavy atom. The molecule has 0 spiro atoms. The zero-order valence-corrected chi connectivity index (χ0v) is 8.22. The molecule has 0 bridgehead atoms. The second kappa shape index (κ2) is 3.30. The van der Waals surface area contributed by atoms with Gasteiger partial charge in [0.1, 0.15) is 0 Å². The predicted octanol–water partition coefficient (Wildman–Crippen LogP) is 2.78. The first-order chi connectivity index (χ1) is 5.16. The van der Waals surface area contributed by atoms with Crippen LogP contribution in [-0.4, -0.2) is 4.98 Å². The third-order valence-electron chi connectivity index (χ3n) is 1.38. The molecule has 0 radical (unpaired) electrons. The van der Waals surface area contributed by atoms with Crippen molar-refractivity contribution < 1.29 is 4.39 Å². The molecule has 0 fully saturated rings. The molecule has 1 aromatic rings. The van der Waals surface area contributed by atoms with E-state index in [2.05, 4.69) is 34.2 Å². The van der Waals surface area contributed by atoms with Crippen LogP contribution in [0.25, 0.3) is 6.08 Å². The maximum absolute atomic E-state index is 12.8. The first-order valence-corrected chi connectivity index (χ1v) is 4.17. The van der Waals surface area contributed by atoms with E-state index in [0.717, 1.165) is 9.13 Å². The molecule has 1 aromatic heterocycles. The van der Waals surface area contributed by atoms with Crippen LogP contribution in [0.4, 0.5) is 4.39 Å². The third-order valence-corrected chi connectivity index (χ3v) is 2.81. The van der Waals surface area contributed by atoms with E-state index in [1.165, 1.54) is 12.3 Å². The van der Waals surface area contributed by atoms with Crippen molar-refractivity contribution in [3.8, 4) is 0 Å². The van der Waals surface area contributed by atoms with Gasteiger partial charge in [-0.05, 0) is 35.1 Å². The van der Waals surface area contributed by atoms with E-state index in [-0.39, 0.29) is 0 Å². The molecule has 0 aliphatic carbocycles. The van der Waals surface area contributed by atoms with Gasteiger partial charge >= 0.3 is 0 Å². The molecule has 1 heterocycles. The Hall–Kier alpha value is -0.450. The molecule has 0 N–H and O–H groups in total. The molecular weight excluding hydrogens is 256 g/mol. The van der Waals surface area contributed by atoms with Gasteiger partial charge in [-0.1, -0.05) is 12.7 Å². The van der Waals surface area contributed by atoms with Crippen LogP contribution in [0.1, 0.15) is 11.1 Å². The number of rotatable bonds is 1. The van der Waals surface area contributed by atoms with E-state index in [1.54, 1.807) is 0 Å².